The van der Waals surface area contributed by atoms with Crippen molar-refractivity contribution >= 4 is 23.9 Å². The van der Waals surface area contributed by atoms with Crippen LogP contribution in [0.4, 0.5) is 0 Å². The summed E-state index contributed by atoms with van der Waals surface area (Å²) in [4.78, 5) is 37.2. The van der Waals surface area contributed by atoms with Crippen LogP contribution in [0.5, 0.6) is 0 Å². The third-order valence-corrected chi connectivity index (χ3v) is 3.34. The molecule has 0 radical (unpaired) electrons. The largest absolute Gasteiger partial charge is 0.481 e. The first-order chi connectivity index (χ1) is 17.6. The summed E-state index contributed by atoms with van der Waals surface area (Å²) in [6, 6.07) is 0. The Morgan fingerprint density at radius 2 is 0.711 bits per heavy atom. The molecule has 232 valence electrons. The van der Waals surface area contributed by atoms with Crippen LogP contribution in [-0.2, 0) is 19.2 Å². The van der Waals surface area contributed by atoms with Crippen molar-refractivity contribution < 1.29 is 70.2 Å². The SMILES string of the molecule is CC(=O)O.CC(=O)O.CC(=O)O.CCCCCCCCCCCC(=O)O.OCC(O)CO.OCC(O)CO. The van der Waals surface area contributed by atoms with Crippen molar-refractivity contribution in [3.63, 3.8) is 0 Å². The van der Waals surface area contributed by atoms with Gasteiger partial charge in [-0.3, -0.25) is 19.2 Å². The van der Waals surface area contributed by atoms with Crippen LogP contribution in [-0.4, -0.2) is 114 Å². The van der Waals surface area contributed by atoms with Crippen molar-refractivity contribution in [2.75, 3.05) is 26.4 Å². The summed E-state index contributed by atoms with van der Waals surface area (Å²) in [5.74, 6) is -3.16. The molecule has 0 aliphatic carbocycles. The Balaban J connectivity index is -0.0000000895. The number of carbonyl (C=O) groups is 4. The number of carboxylic acids is 4. The normalized spacial score (nSPS) is 8.95. The minimum atomic E-state index is -0.954. The molecule has 0 aromatic heterocycles. The third-order valence-electron chi connectivity index (χ3n) is 3.34. The molecule has 0 saturated heterocycles. The molecule has 0 saturated carbocycles. The van der Waals surface area contributed by atoms with Crippen LogP contribution in [0.15, 0.2) is 0 Å². The summed E-state index contributed by atoms with van der Waals surface area (Å²) < 4.78 is 0. The first-order valence-electron chi connectivity index (χ1n) is 12.2. The molecule has 10 N–H and O–H groups in total. The Labute approximate surface area is 225 Å². The molecule has 14 heteroatoms. The van der Waals surface area contributed by atoms with Gasteiger partial charge in [0.2, 0.25) is 0 Å². The predicted molar refractivity (Wildman–Crippen MR) is 140 cm³/mol. The van der Waals surface area contributed by atoms with E-state index in [9.17, 15) is 4.79 Å². The summed E-state index contributed by atoms with van der Waals surface area (Å²) in [6.45, 7) is 4.02. The maximum absolute atomic E-state index is 10.2. The van der Waals surface area contributed by atoms with Crippen LogP contribution in [0.2, 0.25) is 0 Å². The van der Waals surface area contributed by atoms with E-state index in [1.807, 2.05) is 0 Å². The van der Waals surface area contributed by atoms with Gasteiger partial charge >= 0.3 is 5.97 Å². The van der Waals surface area contributed by atoms with Gasteiger partial charge in [0.05, 0.1) is 26.4 Å². The Morgan fingerprint density at radius 3 is 0.868 bits per heavy atom. The van der Waals surface area contributed by atoms with Gasteiger partial charge in [-0.05, 0) is 6.42 Å². The van der Waals surface area contributed by atoms with Gasteiger partial charge in [0.15, 0.2) is 0 Å². The smallest absolute Gasteiger partial charge is 0.303 e. The van der Waals surface area contributed by atoms with E-state index in [1.54, 1.807) is 0 Å². The fourth-order valence-corrected chi connectivity index (χ4v) is 1.70. The molecule has 0 amide bonds. The number of aliphatic hydroxyl groups is 6. The van der Waals surface area contributed by atoms with Crippen LogP contribution in [0.25, 0.3) is 0 Å². The molecule has 0 spiro atoms. The van der Waals surface area contributed by atoms with Gasteiger partial charge in [-0.2, -0.15) is 0 Å². The Hall–Kier alpha value is -2.36. The first kappa shape index (κ1) is 48.7. The number of unbranched alkanes of at least 4 members (excludes halogenated alkanes) is 8. The molecule has 0 unspecified atom stereocenters. The lowest BCUT2D eigenvalue weighted by Crippen LogP contribution is -2.15. The highest BCUT2D eigenvalue weighted by Gasteiger charge is 1.96. The second-order valence-electron chi connectivity index (χ2n) is 7.57. The van der Waals surface area contributed by atoms with E-state index in [0.29, 0.717) is 6.42 Å². The van der Waals surface area contributed by atoms with Gasteiger partial charge in [0, 0.05) is 27.2 Å². The predicted octanol–water partition coefficient (Wildman–Crippen LogP) is 0.928. The maximum atomic E-state index is 10.2. The van der Waals surface area contributed by atoms with Crippen LogP contribution in [0.1, 0.15) is 91.9 Å². The maximum Gasteiger partial charge on any atom is 0.303 e. The Bertz CT molecular complexity index is 442. The van der Waals surface area contributed by atoms with Gasteiger partial charge in [0.1, 0.15) is 12.2 Å². The molecule has 0 aliphatic heterocycles. The molecule has 0 atom stereocenters. The molecule has 0 aromatic carbocycles. The second kappa shape index (κ2) is 44.6. The summed E-state index contributed by atoms with van der Waals surface area (Å²) in [5.41, 5.74) is 0. The number of hydrogen-bond acceptors (Lipinski definition) is 10. The van der Waals surface area contributed by atoms with E-state index >= 15 is 0 Å². The monoisotopic (exact) mass is 564 g/mol. The summed E-state index contributed by atoms with van der Waals surface area (Å²) >= 11 is 0. The third kappa shape index (κ3) is 129. The first-order valence-corrected chi connectivity index (χ1v) is 12.2. The van der Waals surface area contributed by atoms with Crippen molar-refractivity contribution in [2.24, 2.45) is 0 Å². The van der Waals surface area contributed by atoms with Crippen LogP contribution in [0, 0.1) is 0 Å². The van der Waals surface area contributed by atoms with E-state index in [-0.39, 0.29) is 26.4 Å². The molecule has 14 nitrogen and oxygen atoms in total. The molecule has 0 heterocycles. The average Bonchev–Trinajstić information content (AvgIpc) is 2.81. The minimum Gasteiger partial charge on any atom is -0.481 e. The second-order valence-corrected chi connectivity index (χ2v) is 7.57. The van der Waals surface area contributed by atoms with Crippen molar-refractivity contribution in [1.29, 1.82) is 0 Å². The van der Waals surface area contributed by atoms with Crippen molar-refractivity contribution in [3.05, 3.63) is 0 Å². The molecule has 0 aromatic rings. The zero-order chi connectivity index (χ0) is 31.4. The van der Waals surface area contributed by atoms with E-state index in [1.165, 1.54) is 44.9 Å². The summed E-state index contributed by atoms with van der Waals surface area (Å²) in [6.07, 6.45) is 9.57. The van der Waals surface area contributed by atoms with Gasteiger partial charge in [0.25, 0.3) is 17.9 Å². The Morgan fingerprint density at radius 1 is 0.500 bits per heavy atom. The van der Waals surface area contributed by atoms with Gasteiger partial charge in [-0.25, -0.2) is 0 Å². The summed E-state index contributed by atoms with van der Waals surface area (Å²) in [7, 11) is 0. The number of rotatable bonds is 14. The number of aliphatic carboxylic acids is 4. The molecule has 0 fully saturated rings. The number of carboxylic acid groups (broad SMARTS) is 4. The molecular formula is C24H52O14. The fraction of sp³-hybridized carbons (Fsp3) is 0.833. The van der Waals surface area contributed by atoms with Crippen LogP contribution in [0.3, 0.4) is 0 Å². The van der Waals surface area contributed by atoms with Crippen LogP contribution < -0.4 is 0 Å². The Kier molecular flexibility index (Phi) is 57.2. The van der Waals surface area contributed by atoms with Gasteiger partial charge in [-0.15, -0.1) is 0 Å². The molecular weight excluding hydrogens is 512 g/mol. The molecule has 0 aliphatic rings. The molecule has 38 heavy (non-hydrogen) atoms. The molecule has 0 bridgehead atoms. The zero-order valence-corrected chi connectivity index (χ0v) is 23.2. The standard InChI is InChI=1S/C12H24O2.2C3H8O3.3C2H4O2/c1-2-3-4-5-6-7-8-9-10-11-12(13)14;2*4-1-3(6)2-5;3*1-2(3)4/h2-11H2,1H3,(H,13,14);2*3-6H,1-2H2;3*1H3,(H,3,4). The van der Waals surface area contributed by atoms with Gasteiger partial charge < -0.3 is 51.1 Å². The molecule has 0 rings (SSSR count). The highest BCUT2D eigenvalue weighted by Crippen LogP contribution is 2.10. The van der Waals surface area contributed by atoms with E-state index < -0.39 is 36.1 Å². The van der Waals surface area contributed by atoms with E-state index in [0.717, 1.165) is 33.6 Å². The lowest BCUT2D eigenvalue weighted by molar-refractivity contribution is -0.137. The zero-order valence-electron chi connectivity index (χ0n) is 23.2. The van der Waals surface area contributed by atoms with Gasteiger partial charge in [-0.1, -0.05) is 58.3 Å². The average molecular weight is 565 g/mol. The fourth-order valence-electron chi connectivity index (χ4n) is 1.70. The highest BCUT2D eigenvalue weighted by molar-refractivity contribution is 5.66. The number of hydrogen-bond donors (Lipinski definition) is 10. The quantitative estimate of drug-likeness (QED) is 0.131. The van der Waals surface area contributed by atoms with Crippen LogP contribution >= 0.6 is 0 Å². The van der Waals surface area contributed by atoms with E-state index in [4.69, 9.17) is 65.4 Å². The van der Waals surface area contributed by atoms with Crippen molar-refractivity contribution in [3.8, 4) is 0 Å². The van der Waals surface area contributed by atoms with Crippen molar-refractivity contribution in [1.82, 2.24) is 0 Å². The summed E-state index contributed by atoms with van der Waals surface area (Å²) in [5, 5.41) is 78.7. The van der Waals surface area contributed by atoms with E-state index in [2.05, 4.69) is 6.92 Å². The lowest BCUT2D eigenvalue weighted by atomic mass is 10.1. The van der Waals surface area contributed by atoms with Crippen molar-refractivity contribution in [2.45, 2.75) is 104 Å². The number of aliphatic hydroxyl groups excluding tert-OH is 6. The minimum absolute atomic E-state index is 0.343. The highest BCUT2D eigenvalue weighted by atomic mass is 16.4. The topological polar surface area (TPSA) is 271 Å². The lowest BCUT2D eigenvalue weighted by Gasteiger charge is -2.00.